The smallest absolute Gasteiger partial charge is 0.236 e. The van der Waals surface area contributed by atoms with Crippen molar-refractivity contribution in [3.63, 3.8) is 0 Å². The fourth-order valence-corrected chi connectivity index (χ4v) is 2.69. The van der Waals surface area contributed by atoms with Crippen LogP contribution in [0.25, 0.3) is 0 Å². The van der Waals surface area contributed by atoms with Crippen molar-refractivity contribution in [3.05, 3.63) is 42.6 Å². The second-order valence-electron chi connectivity index (χ2n) is 5.79. The summed E-state index contributed by atoms with van der Waals surface area (Å²) >= 11 is 0. The van der Waals surface area contributed by atoms with E-state index in [4.69, 9.17) is 9.15 Å². The fraction of sp³-hybridized carbons (Fsp3) is 0.500. The van der Waals surface area contributed by atoms with E-state index >= 15 is 0 Å². The molecule has 3 rings (SSSR count). The van der Waals surface area contributed by atoms with Crippen molar-refractivity contribution in [2.75, 3.05) is 33.3 Å². The number of carbonyl (C=O) groups excluding carboxylic acids is 1. The SMILES string of the molecule is CN(Cc1ccco1)C(=O)CN1CCO[C@H](Cn2cccn2)C1. The molecule has 0 radical (unpaired) electrons. The van der Waals surface area contributed by atoms with Crippen LogP contribution in [0, 0.1) is 0 Å². The van der Waals surface area contributed by atoms with Gasteiger partial charge in [-0.1, -0.05) is 0 Å². The lowest BCUT2D eigenvalue weighted by Gasteiger charge is -2.33. The lowest BCUT2D eigenvalue weighted by Crippen LogP contribution is -2.48. The van der Waals surface area contributed by atoms with E-state index < -0.39 is 0 Å². The lowest BCUT2D eigenvalue weighted by atomic mass is 10.2. The molecule has 23 heavy (non-hydrogen) atoms. The van der Waals surface area contributed by atoms with Crippen molar-refractivity contribution in [1.29, 1.82) is 0 Å². The monoisotopic (exact) mass is 318 g/mol. The number of furan rings is 1. The van der Waals surface area contributed by atoms with E-state index in [1.165, 1.54) is 0 Å². The number of aromatic nitrogens is 2. The number of amides is 1. The molecule has 0 N–H and O–H groups in total. The zero-order valence-corrected chi connectivity index (χ0v) is 13.3. The van der Waals surface area contributed by atoms with Crippen molar-refractivity contribution in [2.45, 2.75) is 19.2 Å². The Kier molecular flexibility index (Phi) is 5.09. The van der Waals surface area contributed by atoms with Gasteiger partial charge in [0.15, 0.2) is 0 Å². The summed E-state index contributed by atoms with van der Waals surface area (Å²) in [5, 5.41) is 4.20. The highest BCUT2D eigenvalue weighted by atomic mass is 16.5. The lowest BCUT2D eigenvalue weighted by molar-refractivity contribution is -0.134. The molecule has 0 unspecified atom stereocenters. The van der Waals surface area contributed by atoms with E-state index in [1.807, 2.05) is 29.1 Å². The summed E-state index contributed by atoms with van der Waals surface area (Å²) in [4.78, 5) is 16.2. The van der Waals surface area contributed by atoms with Crippen LogP contribution in [0.5, 0.6) is 0 Å². The average molecular weight is 318 g/mol. The Morgan fingerprint density at radius 1 is 1.48 bits per heavy atom. The van der Waals surface area contributed by atoms with Gasteiger partial charge in [0.1, 0.15) is 5.76 Å². The number of hydrogen-bond acceptors (Lipinski definition) is 5. The molecular formula is C16H22N4O3. The van der Waals surface area contributed by atoms with Crippen molar-refractivity contribution in [1.82, 2.24) is 19.6 Å². The highest BCUT2D eigenvalue weighted by Crippen LogP contribution is 2.09. The molecule has 1 amide bonds. The normalized spacial score (nSPS) is 18.9. The number of nitrogens with zero attached hydrogens (tertiary/aromatic N) is 4. The molecule has 1 aliphatic heterocycles. The zero-order chi connectivity index (χ0) is 16.1. The van der Waals surface area contributed by atoms with Crippen molar-refractivity contribution >= 4 is 5.91 Å². The Bertz CT molecular complexity index is 597. The largest absolute Gasteiger partial charge is 0.467 e. The molecule has 1 saturated heterocycles. The van der Waals surface area contributed by atoms with Crippen LogP contribution in [-0.2, 0) is 22.6 Å². The molecule has 2 aromatic rings. The first-order valence-corrected chi connectivity index (χ1v) is 7.78. The summed E-state index contributed by atoms with van der Waals surface area (Å²) in [5.41, 5.74) is 0. The van der Waals surface area contributed by atoms with Crippen LogP contribution in [0.15, 0.2) is 41.3 Å². The van der Waals surface area contributed by atoms with Gasteiger partial charge in [-0.3, -0.25) is 14.4 Å². The Labute approximate surface area is 135 Å². The van der Waals surface area contributed by atoms with Gasteiger partial charge in [-0.05, 0) is 18.2 Å². The van der Waals surface area contributed by atoms with Gasteiger partial charge in [0.05, 0.1) is 38.6 Å². The maximum atomic E-state index is 12.3. The Hall–Kier alpha value is -2.12. The number of ether oxygens (including phenoxy) is 1. The van der Waals surface area contributed by atoms with Gasteiger partial charge >= 0.3 is 0 Å². The van der Waals surface area contributed by atoms with E-state index in [2.05, 4.69) is 10.00 Å². The van der Waals surface area contributed by atoms with Crippen molar-refractivity contribution in [3.8, 4) is 0 Å². The molecule has 0 saturated carbocycles. The van der Waals surface area contributed by atoms with Crippen molar-refractivity contribution in [2.24, 2.45) is 0 Å². The van der Waals surface area contributed by atoms with Gasteiger partial charge in [-0.25, -0.2) is 0 Å². The average Bonchev–Trinajstić information content (AvgIpc) is 3.21. The molecule has 3 heterocycles. The van der Waals surface area contributed by atoms with E-state index in [0.29, 0.717) is 26.2 Å². The van der Waals surface area contributed by atoms with Gasteiger partial charge in [0.25, 0.3) is 0 Å². The minimum atomic E-state index is 0.0619. The molecule has 0 bridgehead atoms. The number of rotatable bonds is 6. The van der Waals surface area contributed by atoms with Gasteiger partial charge in [-0.2, -0.15) is 5.10 Å². The fourth-order valence-electron chi connectivity index (χ4n) is 2.69. The molecule has 7 nitrogen and oxygen atoms in total. The Morgan fingerprint density at radius 3 is 3.13 bits per heavy atom. The highest BCUT2D eigenvalue weighted by molar-refractivity contribution is 5.77. The number of likely N-dealkylation sites (N-methyl/N-ethyl adjacent to an activating group) is 1. The minimum Gasteiger partial charge on any atom is -0.467 e. The summed E-state index contributed by atoms with van der Waals surface area (Å²) in [6.07, 6.45) is 5.36. The summed E-state index contributed by atoms with van der Waals surface area (Å²) in [5.74, 6) is 0.875. The molecule has 1 atom stereocenters. The summed E-state index contributed by atoms with van der Waals surface area (Å²) in [6.45, 7) is 3.75. The predicted molar refractivity (Wildman–Crippen MR) is 83.6 cm³/mol. The van der Waals surface area contributed by atoms with Gasteiger partial charge < -0.3 is 14.1 Å². The van der Waals surface area contributed by atoms with Crippen molar-refractivity contribution < 1.29 is 13.9 Å². The zero-order valence-electron chi connectivity index (χ0n) is 13.3. The number of morpholine rings is 1. The first-order chi connectivity index (χ1) is 11.2. The topological polar surface area (TPSA) is 63.7 Å². The van der Waals surface area contributed by atoms with Gasteiger partial charge in [0, 0.05) is 32.5 Å². The van der Waals surface area contributed by atoms with Crippen LogP contribution in [0.3, 0.4) is 0 Å². The summed E-state index contributed by atoms with van der Waals surface area (Å²) in [6, 6.07) is 5.60. The number of hydrogen-bond donors (Lipinski definition) is 0. The molecule has 7 heteroatoms. The third-order valence-electron chi connectivity index (χ3n) is 3.93. The predicted octanol–water partition coefficient (Wildman–Crippen LogP) is 0.835. The third-order valence-corrected chi connectivity index (χ3v) is 3.93. The minimum absolute atomic E-state index is 0.0619. The second kappa shape index (κ2) is 7.43. The maximum Gasteiger partial charge on any atom is 0.236 e. The molecule has 0 aliphatic carbocycles. The standard InChI is InChI=1S/C16H22N4O3/c1-18(10-14-4-2-8-22-14)16(21)13-19-7-9-23-15(11-19)12-20-6-3-5-17-20/h2-6,8,15H,7,9-13H2,1H3/t15-/m0/s1. The molecule has 0 spiro atoms. The third kappa shape index (κ3) is 4.43. The molecule has 2 aromatic heterocycles. The quantitative estimate of drug-likeness (QED) is 0.789. The number of carbonyl (C=O) groups is 1. The molecular weight excluding hydrogens is 296 g/mol. The van der Waals surface area contributed by atoms with Gasteiger partial charge in [-0.15, -0.1) is 0 Å². The van der Waals surface area contributed by atoms with Gasteiger partial charge in [0.2, 0.25) is 5.91 Å². The van der Waals surface area contributed by atoms with Crippen LogP contribution < -0.4 is 0 Å². The first-order valence-electron chi connectivity index (χ1n) is 7.78. The van der Waals surface area contributed by atoms with E-state index in [-0.39, 0.29) is 12.0 Å². The van der Waals surface area contributed by atoms with Crippen LogP contribution >= 0.6 is 0 Å². The van der Waals surface area contributed by atoms with Crippen LogP contribution in [0.1, 0.15) is 5.76 Å². The highest BCUT2D eigenvalue weighted by Gasteiger charge is 2.24. The molecule has 1 fully saturated rings. The molecule has 124 valence electrons. The summed E-state index contributed by atoms with van der Waals surface area (Å²) < 4.78 is 12.9. The van der Waals surface area contributed by atoms with Crippen LogP contribution in [-0.4, -0.2) is 64.9 Å². The van der Waals surface area contributed by atoms with E-state index in [0.717, 1.165) is 18.8 Å². The van der Waals surface area contributed by atoms with E-state index in [1.54, 1.807) is 24.4 Å². The molecule has 0 aromatic carbocycles. The Morgan fingerprint density at radius 2 is 2.39 bits per heavy atom. The van der Waals surface area contributed by atoms with Crippen LogP contribution in [0.2, 0.25) is 0 Å². The Balaban J connectivity index is 1.47. The maximum absolute atomic E-state index is 12.3. The molecule has 1 aliphatic rings. The van der Waals surface area contributed by atoms with E-state index in [9.17, 15) is 4.79 Å². The summed E-state index contributed by atoms with van der Waals surface area (Å²) in [7, 11) is 1.80. The first kappa shape index (κ1) is 15.8. The van der Waals surface area contributed by atoms with Crippen LogP contribution in [0.4, 0.5) is 0 Å². The second-order valence-corrected chi connectivity index (χ2v) is 5.79.